The average molecular weight is 426 g/mol. The predicted octanol–water partition coefficient (Wildman–Crippen LogP) is 4.84. The van der Waals surface area contributed by atoms with Gasteiger partial charge >= 0.3 is 0 Å². The number of aromatic nitrogens is 3. The number of allylic oxidation sites excluding steroid dienone is 1. The molecule has 0 saturated heterocycles. The Hall–Kier alpha value is -2.93. The number of rotatable bonds is 11. The summed E-state index contributed by atoms with van der Waals surface area (Å²) in [5, 5.41) is 9.49. The molecule has 3 aromatic rings. The molecule has 0 radical (unpaired) electrons. The van der Waals surface area contributed by atoms with Gasteiger partial charge < -0.3 is 14.2 Å². The Morgan fingerprint density at radius 3 is 2.37 bits per heavy atom. The van der Waals surface area contributed by atoms with Crippen molar-refractivity contribution in [1.82, 2.24) is 14.8 Å². The normalized spacial score (nSPS) is 10.6. The highest BCUT2D eigenvalue weighted by Crippen LogP contribution is 2.24. The fourth-order valence-electron chi connectivity index (χ4n) is 2.97. The maximum atomic E-state index is 6.05. The van der Waals surface area contributed by atoms with Gasteiger partial charge in [-0.3, -0.25) is 4.57 Å². The van der Waals surface area contributed by atoms with Gasteiger partial charge in [-0.15, -0.1) is 16.8 Å². The fourth-order valence-corrected chi connectivity index (χ4v) is 3.76. The largest absolute Gasteiger partial charge is 0.497 e. The van der Waals surface area contributed by atoms with Gasteiger partial charge in [0.05, 0.1) is 13.7 Å². The SMILES string of the molecule is C=CCn1c(COc2c(C)cccc2C)nnc1SCCOc1ccc(OC)cc1. The highest BCUT2D eigenvalue weighted by molar-refractivity contribution is 7.99. The Morgan fingerprint density at radius 1 is 1.00 bits per heavy atom. The van der Waals surface area contributed by atoms with Crippen molar-refractivity contribution < 1.29 is 14.2 Å². The number of ether oxygens (including phenoxy) is 3. The van der Waals surface area contributed by atoms with Crippen molar-refractivity contribution in [2.45, 2.75) is 32.2 Å². The highest BCUT2D eigenvalue weighted by atomic mass is 32.2. The molecule has 0 aliphatic heterocycles. The molecule has 3 rings (SSSR count). The van der Waals surface area contributed by atoms with E-state index in [0.29, 0.717) is 19.8 Å². The summed E-state index contributed by atoms with van der Waals surface area (Å²) < 4.78 is 19.0. The van der Waals surface area contributed by atoms with Crippen LogP contribution < -0.4 is 14.2 Å². The molecule has 1 heterocycles. The third kappa shape index (κ3) is 5.57. The Kier molecular flexibility index (Phi) is 7.79. The van der Waals surface area contributed by atoms with Crippen LogP contribution in [0.25, 0.3) is 0 Å². The lowest BCUT2D eigenvalue weighted by molar-refractivity contribution is 0.285. The Labute approximate surface area is 181 Å². The average Bonchev–Trinajstić information content (AvgIpc) is 3.13. The maximum absolute atomic E-state index is 6.05. The smallest absolute Gasteiger partial charge is 0.191 e. The maximum Gasteiger partial charge on any atom is 0.191 e. The summed E-state index contributed by atoms with van der Waals surface area (Å²) in [6.07, 6.45) is 1.84. The summed E-state index contributed by atoms with van der Waals surface area (Å²) in [5.41, 5.74) is 2.21. The lowest BCUT2D eigenvalue weighted by Gasteiger charge is -2.12. The van der Waals surface area contributed by atoms with Gasteiger partial charge in [0.1, 0.15) is 23.9 Å². The van der Waals surface area contributed by atoms with Crippen LogP contribution in [0.1, 0.15) is 17.0 Å². The second kappa shape index (κ2) is 10.7. The molecular weight excluding hydrogens is 398 g/mol. The molecule has 0 bridgehead atoms. The van der Waals surface area contributed by atoms with Crippen molar-refractivity contribution in [2.75, 3.05) is 19.5 Å². The van der Waals surface area contributed by atoms with E-state index in [0.717, 1.165) is 45.1 Å². The minimum Gasteiger partial charge on any atom is -0.497 e. The monoisotopic (exact) mass is 425 g/mol. The molecule has 158 valence electrons. The van der Waals surface area contributed by atoms with E-state index in [2.05, 4.69) is 16.8 Å². The number of hydrogen-bond acceptors (Lipinski definition) is 6. The van der Waals surface area contributed by atoms with E-state index in [1.54, 1.807) is 18.9 Å². The van der Waals surface area contributed by atoms with E-state index in [4.69, 9.17) is 14.2 Å². The third-order valence-corrected chi connectivity index (χ3v) is 5.43. The molecule has 0 fully saturated rings. The molecule has 0 amide bonds. The molecular formula is C23H27N3O3S. The van der Waals surface area contributed by atoms with Crippen LogP contribution in [0.15, 0.2) is 60.3 Å². The molecule has 30 heavy (non-hydrogen) atoms. The number of para-hydroxylation sites is 1. The highest BCUT2D eigenvalue weighted by Gasteiger charge is 2.13. The van der Waals surface area contributed by atoms with Crippen molar-refractivity contribution in [2.24, 2.45) is 0 Å². The van der Waals surface area contributed by atoms with Gasteiger partial charge in [0.25, 0.3) is 0 Å². The van der Waals surface area contributed by atoms with Crippen LogP contribution >= 0.6 is 11.8 Å². The first-order chi connectivity index (χ1) is 14.6. The topological polar surface area (TPSA) is 58.4 Å². The summed E-state index contributed by atoms with van der Waals surface area (Å²) in [4.78, 5) is 0. The minimum absolute atomic E-state index is 0.357. The van der Waals surface area contributed by atoms with Gasteiger partial charge in [-0.05, 0) is 49.2 Å². The van der Waals surface area contributed by atoms with Crippen molar-refractivity contribution in [3.8, 4) is 17.2 Å². The fraction of sp³-hybridized carbons (Fsp3) is 0.304. The van der Waals surface area contributed by atoms with Crippen molar-refractivity contribution in [3.05, 3.63) is 72.1 Å². The molecule has 0 saturated carbocycles. The molecule has 7 heteroatoms. The Morgan fingerprint density at radius 2 is 1.70 bits per heavy atom. The number of methoxy groups -OCH3 is 1. The molecule has 1 aromatic heterocycles. The zero-order chi connectivity index (χ0) is 21.3. The van der Waals surface area contributed by atoms with E-state index >= 15 is 0 Å². The van der Waals surface area contributed by atoms with Crippen molar-refractivity contribution in [1.29, 1.82) is 0 Å². The van der Waals surface area contributed by atoms with Gasteiger partial charge in [0.15, 0.2) is 11.0 Å². The first kappa shape index (κ1) is 21.8. The van der Waals surface area contributed by atoms with Gasteiger partial charge in [0.2, 0.25) is 0 Å². The second-order valence-corrected chi connectivity index (χ2v) is 7.74. The van der Waals surface area contributed by atoms with E-state index in [-0.39, 0.29) is 0 Å². The van der Waals surface area contributed by atoms with Gasteiger partial charge in [0, 0.05) is 12.3 Å². The molecule has 0 aliphatic carbocycles. The summed E-state index contributed by atoms with van der Waals surface area (Å²) in [6, 6.07) is 13.7. The summed E-state index contributed by atoms with van der Waals surface area (Å²) in [6.45, 7) is 9.48. The van der Waals surface area contributed by atoms with Crippen LogP contribution in [0.4, 0.5) is 0 Å². The quantitative estimate of drug-likeness (QED) is 0.249. The molecule has 0 N–H and O–H groups in total. The van der Waals surface area contributed by atoms with Crippen molar-refractivity contribution >= 4 is 11.8 Å². The summed E-state index contributed by atoms with van der Waals surface area (Å²) in [5.74, 6) is 4.04. The Bertz CT molecular complexity index is 950. The van der Waals surface area contributed by atoms with Crippen LogP contribution in [-0.4, -0.2) is 34.2 Å². The van der Waals surface area contributed by atoms with Crippen LogP contribution in [0, 0.1) is 13.8 Å². The number of thioether (sulfide) groups is 1. The van der Waals surface area contributed by atoms with E-state index in [9.17, 15) is 0 Å². The minimum atomic E-state index is 0.357. The Balaban J connectivity index is 1.57. The first-order valence-electron chi connectivity index (χ1n) is 9.74. The standard InChI is InChI=1S/C23H27N3O3S/c1-5-13-26-21(16-29-22-17(2)7-6-8-18(22)3)24-25-23(26)30-15-14-28-20-11-9-19(27-4)10-12-20/h5-12H,1,13-16H2,2-4H3. The lowest BCUT2D eigenvalue weighted by atomic mass is 10.1. The predicted molar refractivity (Wildman–Crippen MR) is 120 cm³/mol. The number of hydrogen-bond donors (Lipinski definition) is 0. The zero-order valence-corrected chi connectivity index (χ0v) is 18.4. The number of benzene rings is 2. The zero-order valence-electron chi connectivity index (χ0n) is 17.6. The van der Waals surface area contributed by atoms with E-state index in [1.165, 1.54) is 0 Å². The first-order valence-corrected chi connectivity index (χ1v) is 10.7. The van der Waals surface area contributed by atoms with Gasteiger partial charge in [-0.25, -0.2) is 0 Å². The molecule has 0 atom stereocenters. The molecule has 6 nitrogen and oxygen atoms in total. The van der Waals surface area contributed by atoms with E-state index in [1.807, 2.05) is 67.0 Å². The summed E-state index contributed by atoms with van der Waals surface area (Å²) >= 11 is 1.60. The number of nitrogens with zero attached hydrogens (tertiary/aromatic N) is 3. The number of aryl methyl sites for hydroxylation is 2. The van der Waals surface area contributed by atoms with Crippen LogP contribution in [0.3, 0.4) is 0 Å². The third-order valence-electron chi connectivity index (χ3n) is 4.50. The lowest BCUT2D eigenvalue weighted by Crippen LogP contribution is -2.09. The van der Waals surface area contributed by atoms with Gasteiger partial charge in [-0.2, -0.15) is 0 Å². The molecule has 0 spiro atoms. The van der Waals surface area contributed by atoms with Crippen LogP contribution in [-0.2, 0) is 13.2 Å². The summed E-state index contributed by atoms with van der Waals surface area (Å²) in [7, 11) is 1.65. The molecule has 0 aliphatic rings. The van der Waals surface area contributed by atoms with Crippen molar-refractivity contribution in [3.63, 3.8) is 0 Å². The van der Waals surface area contributed by atoms with Crippen LogP contribution in [0.2, 0.25) is 0 Å². The van der Waals surface area contributed by atoms with Crippen LogP contribution in [0.5, 0.6) is 17.2 Å². The molecule has 2 aromatic carbocycles. The van der Waals surface area contributed by atoms with E-state index < -0.39 is 0 Å². The van der Waals surface area contributed by atoms with Gasteiger partial charge in [-0.1, -0.05) is 36.0 Å². The molecule has 0 unspecified atom stereocenters. The second-order valence-electron chi connectivity index (χ2n) is 6.68.